The monoisotopic (exact) mass is 253 g/mol. The molecule has 0 spiro atoms. The summed E-state index contributed by atoms with van der Waals surface area (Å²) in [7, 11) is 0. The predicted octanol–water partition coefficient (Wildman–Crippen LogP) is 0.977. The molecule has 0 bridgehead atoms. The van der Waals surface area contributed by atoms with Crippen LogP contribution < -0.4 is 10.6 Å². The van der Waals surface area contributed by atoms with Gasteiger partial charge in [-0.05, 0) is 51.6 Å². The van der Waals surface area contributed by atoms with Crippen molar-refractivity contribution in [2.24, 2.45) is 5.92 Å². The highest BCUT2D eigenvalue weighted by Crippen LogP contribution is 2.24. The van der Waals surface area contributed by atoms with Gasteiger partial charge in [-0.3, -0.25) is 4.79 Å². The molecule has 18 heavy (non-hydrogen) atoms. The summed E-state index contributed by atoms with van der Waals surface area (Å²) in [6.45, 7) is 7.18. The van der Waals surface area contributed by atoms with Crippen molar-refractivity contribution in [1.29, 1.82) is 0 Å². The van der Waals surface area contributed by atoms with Gasteiger partial charge in [0.1, 0.15) is 0 Å². The molecule has 2 aliphatic heterocycles. The molecule has 2 unspecified atom stereocenters. The van der Waals surface area contributed by atoms with E-state index in [2.05, 4.69) is 15.5 Å². The second-order valence-corrected chi connectivity index (χ2v) is 5.61. The van der Waals surface area contributed by atoms with Crippen molar-refractivity contribution < 1.29 is 4.79 Å². The van der Waals surface area contributed by atoms with E-state index in [1.165, 1.54) is 45.3 Å². The first-order valence-corrected chi connectivity index (χ1v) is 7.52. The molecule has 0 saturated carbocycles. The second-order valence-electron chi connectivity index (χ2n) is 5.61. The van der Waals surface area contributed by atoms with Gasteiger partial charge in [0.15, 0.2) is 0 Å². The van der Waals surface area contributed by atoms with Crippen molar-refractivity contribution in [1.82, 2.24) is 15.5 Å². The van der Waals surface area contributed by atoms with Crippen molar-refractivity contribution in [3.63, 3.8) is 0 Å². The third-order valence-corrected chi connectivity index (χ3v) is 4.24. The Morgan fingerprint density at radius 1 is 1.39 bits per heavy atom. The lowest BCUT2D eigenvalue weighted by atomic mass is 9.90. The molecule has 4 heteroatoms. The molecule has 1 amide bonds. The first kappa shape index (κ1) is 13.8. The third-order valence-electron chi connectivity index (χ3n) is 4.24. The van der Waals surface area contributed by atoms with Crippen LogP contribution in [0.5, 0.6) is 0 Å². The normalized spacial score (nSPS) is 29.4. The molecular formula is C14H27N3O. The molecule has 104 valence electrons. The molecule has 4 nitrogen and oxygen atoms in total. The van der Waals surface area contributed by atoms with Gasteiger partial charge in [-0.2, -0.15) is 0 Å². The van der Waals surface area contributed by atoms with E-state index in [9.17, 15) is 4.79 Å². The zero-order valence-electron chi connectivity index (χ0n) is 11.6. The van der Waals surface area contributed by atoms with Gasteiger partial charge in [-0.15, -0.1) is 0 Å². The standard InChI is InChI=1S/C14H27N3O/c1-2-15-14(18)7-10-17-9-4-5-12(11-17)13-6-3-8-16-13/h12-13,16H,2-11H2,1H3,(H,15,18). The maximum absolute atomic E-state index is 11.5. The smallest absolute Gasteiger partial charge is 0.221 e. The molecule has 2 aliphatic rings. The fourth-order valence-electron chi connectivity index (χ4n) is 3.28. The van der Waals surface area contributed by atoms with Gasteiger partial charge in [0, 0.05) is 32.1 Å². The van der Waals surface area contributed by atoms with Gasteiger partial charge in [0.05, 0.1) is 0 Å². The Labute approximate surface area is 110 Å². The van der Waals surface area contributed by atoms with E-state index in [4.69, 9.17) is 0 Å². The summed E-state index contributed by atoms with van der Waals surface area (Å²) in [6.07, 6.45) is 5.97. The summed E-state index contributed by atoms with van der Waals surface area (Å²) in [4.78, 5) is 13.9. The van der Waals surface area contributed by atoms with Crippen LogP contribution in [0.2, 0.25) is 0 Å². The highest BCUT2D eigenvalue weighted by atomic mass is 16.1. The fraction of sp³-hybridized carbons (Fsp3) is 0.929. The van der Waals surface area contributed by atoms with Gasteiger partial charge in [0.2, 0.25) is 5.91 Å². The molecule has 2 heterocycles. The minimum absolute atomic E-state index is 0.193. The zero-order valence-corrected chi connectivity index (χ0v) is 11.6. The number of rotatable bonds is 5. The Morgan fingerprint density at radius 3 is 3.00 bits per heavy atom. The molecule has 2 fully saturated rings. The summed E-state index contributed by atoms with van der Waals surface area (Å²) in [6, 6.07) is 0.734. The lowest BCUT2D eigenvalue weighted by Crippen LogP contribution is -2.44. The van der Waals surface area contributed by atoms with Crippen LogP contribution in [-0.2, 0) is 4.79 Å². The van der Waals surface area contributed by atoms with Crippen LogP contribution in [0.25, 0.3) is 0 Å². The number of nitrogens with zero attached hydrogens (tertiary/aromatic N) is 1. The minimum atomic E-state index is 0.193. The summed E-state index contributed by atoms with van der Waals surface area (Å²) in [5.41, 5.74) is 0. The van der Waals surface area contributed by atoms with E-state index in [-0.39, 0.29) is 5.91 Å². The van der Waals surface area contributed by atoms with Gasteiger partial charge >= 0.3 is 0 Å². The average Bonchev–Trinajstić information content (AvgIpc) is 2.91. The van der Waals surface area contributed by atoms with Crippen LogP contribution in [-0.4, -0.2) is 49.6 Å². The first-order chi connectivity index (χ1) is 8.79. The first-order valence-electron chi connectivity index (χ1n) is 7.52. The molecule has 0 radical (unpaired) electrons. The lowest BCUT2D eigenvalue weighted by Gasteiger charge is -2.35. The van der Waals surface area contributed by atoms with E-state index < -0.39 is 0 Å². The Hall–Kier alpha value is -0.610. The Morgan fingerprint density at radius 2 is 2.28 bits per heavy atom. The second kappa shape index (κ2) is 7.10. The van der Waals surface area contributed by atoms with Crippen molar-refractivity contribution in [2.45, 2.75) is 45.1 Å². The molecule has 0 aromatic rings. The lowest BCUT2D eigenvalue weighted by molar-refractivity contribution is -0.121. The third kappa shape index (κ3) is 3.95. The molecule has 2 saturated heterocycles. The van der Waals surface area contributed by atoms with E-state index in [0.29, 0.717) is 6.42 Å². The quantitative estimate of drug-likeness (QED) is 0.767. The maximum Gasteiger partial charge on any atom is 0.221 e. The largest absolute Gasteiger partial charge is 0.356 e. The summed E-state index contributed by atoms with van der Waals surface area (Å²) in [5, 5.41) is 6.50. The van der Waals surface area contributed by atoms with E-state index in [0.717, 1.165) is 25.0 Å². The van der Waals surface area contributed by atoms with Crippen molar-refractivity contribution >= 4 is 5.91 Å². The number of carbonyl (C=O) groups is 1. The van der Waals surface area contributed by atoms with E-state index in [1.54, 1.807) is 0 Å². The van der Waals surface area contributed by atoms with Gasteiger partial charge in [-0.1, -0.05) is 0 Å². The molecule has 0 aliphatic carbocycles. The van der Waals surface area contributed by atoms with E-state index >= 15 is 0 Å². The average molecular weight is 253 g/mol. The molecule has 0 aromatic carbocycles. The number of hydrogen-bond acceptors (Lipinski definition) is 3. The van der Waals surface area contributed by atoms with Crippen molar-refractivity contribution in [2.75, 3.05) is 32.7 Å². The number of hydrogen-bond donors (Lipinski definition) is 2. The van der Waals surface area contributed by atoms with Crippen LogP contribution in [0.3, 0.4) is 0 Å². The highest BCUT2D eigenvalue weighted by molar-refractivity contribution is 5.75. The zero-order chi connectivity index (χ0) is 12.8. The summed E-state index contributed by atoms with van der Waals surface area (Å²) in [5.74, 6) is 0.995. The van der Waals surface area contributed by atoms with Crippen LogP contribution >= 0.6 is 0 Å². The Balaban J connectivity index is 1.71. The van der Waals surface area contributed by atoms with Crippen molar-refractivity contribution in [3.8, 4) is 0 Å². The Bertz CT molecular complexity index is 264. The Kier molecular flexibility index (Phi) is 5.45. The van der Waals surface area contributed by atoms with E-state index in [1.807, 2.05) is 6.92 Å². The highest BCUT2D eigenvalue weighted by Gasteiger charge is 2.28. The minimum Gasteiger partial charge on any atom is -0.356 e. The van der Waals surface area contributed by atoms with Crippen LogP contribution in [0.1, 0.15) is 39.0 Å². The topological polar surface area (TPSA) is 44.4 Å². The van der Waals surface area contributed by atoms with Crippen molar-refractivity contribution in [3.05, 3.63) is 0 Å². The van der Waals surface area contributed by atoms with Crippen LogP contribution in [0, 0.1) is 5.92 Å². The molecule has 2 N–H and O–H groups in total. The summed E-state index contributed by atoms with van der Waals surface area (Å²) < 4.78 is 0. The SMILES string of the molecule is CCNC(=O)CCN1CCCC(C2CCCN2)C1. The number of nitrogens with one attached hydrogen (secondary N) is 2. The maximum atomic E-state index is 11.5. The van der Waals surface area contributed by atoms with Crippen LogP contribution in [0.15, 0.2) is 0 Å². The molecular weight excluding hydrogens is 226 g/mol. The summed E-state index contributed by atoms with van der Waals surface area (Å²) >= 11 is 0. The predicted molar refractivity (Wildman–Crippen MR) is 73.5 cm³/mol. The number of likely N-dealkylation sites (tertiary alicyclic amines) is 1. The van der Waals surface area contributed by atoms with Crippen LogP contribution in [0.4, 0.5) is 0 Å². The molecule has 2 rings (SSSR count). The molecule has 2 atom stereocenters. The number of carbonyl (C=O) groups excluding carboxylic acids is 1. The number of piperidine rings is 1. The number of amides is 1. The molecule has 0 aromatic heterocycles. The van der Waals surface area contributed by atoms with Gasteiger partial charge in [-0.25, -0.2) is 0 Å². The van der Waals surface area contributed by atoms with Gasteiger partial charge < -0.3 is 15.5 Å². The van der Waals surface area contributed by atoms with Gasteiger partial charge in [0.25, 0.3) is 0 Å². The fourth-order valence-corrected chi connectivity index (χ4v) is 3.28.